The van der Waals surface area contributed by atoms with E-state index in [1.165, 1.54) is 18.4 Å². The molecule has 2 bridgehead atoms. The van der Waals surface area contributed by atoms with Crippen LogP contribution in [-0.4, -0.2) is 18.0 Å². The Hall–Kier alpha value is -1.35. The van der Waals surface area contributed by atoms with Crippen LogP contribution in [0.5, 0.6) is 0 Å². The molecule has 0 spiro atoms. The molecule has 3 nitrogen and oxygen atoms in total. The zero-order chi connectivity index (χ0) is 14.8. The maximum absolute atomic E-state index is 12.4. The van der Waals surface area contributed by atoms with Crippen molar-refractivity contribution in [3.8, 4) is 0 Å². The summed E-state index contributed by atoms with van der Waals surface area (Å²) in [7, 11) is 0. The Balaban J connectivity index is 1.59. The van der Waals surface area contributed by atoms with Crippen LogP contribution in [-0.2, 0) is 4.79 Å². The monoisotopic (exact) mass is 286 g/mol. The van der Waals surface area contributed by atoms with Gasteiger partial charge in [0.2, 0.25) is 5.91 Å². The van der Waals surface area contributed by atoms with Crippen molar-refractivity contribution in [1.29, 1.82) is 0 Å². The normalized spacial score (nSPS) is 27.9. The predicted octanol–water partition coefficient (Wildman–Crippen LogP) is 3.67. The average molecular weight is 286 g/mol. The highest BCUT2D eigenvalue weighted by atomic mass is 16.1. The fourth-order valence-corrected chi connectivity index (χ4v) is 3.92. The molecule has 1 amide bonds. The third-order valence-electron chi connectivity index (χ3n) is 4.90. The van der Waals surface area contributed by atoms with Crippen LogP contribution in [0.3, 0.4) is 0 Å². The van der Waals surface area contributed by atoms with E-state index in [9.17, 15) is 4.79 Å². The maximum atomic E-state index is 12.4. The summed E-state index contributed by atoms with van der Waals surface area (Å²) < 4.78 is 0. The number of fused-ring (bicyclic) bond motifs is 2. The zero-order valence-corrected chi connectivity index (χ0v) is 13.1. The SMILES string of the molecule is CC(C)c1ccccc1NC(=O)CC1CC2CCC(C1)N2. The molecule has 3 heteroatoms. The van der Waals surface area contributed by atoms with E-state index in [1.807, 2.05) is 18.2 Å². The van der Waals surface area contributed by atoms with Gasteiger partial charge >= 0.3 is 0 Å². The van der Waals surface area contributed by atoms with Crippen LogP contribution in [0.25, 0.3) is 0 Å². The fraction of sp³-hybridized carbons (Fsp3) is 0.611. The van der Waals surface area contributed by atoms with E-state index in [0.717, 1.165) is 18.5 Å². The summed E-state index contributed by atoms with van der Waals surface area (Å²) in [6.45, 7) is 4.32. The molecule has 114 valence electrons. The lowest BCUT2D eigenvalue weighted by Gasteiger charge is -2.28. The average Bonchev–Trinajstić information content (AvgIpc) is 2.78. The van der Waals surface area contributed by atoms with Crippen LogP contribution in [0.2, 0.25) is 0 Å². The number of hydrogen-bond acceptors (Lipinski definition) is 2. The van der Waals surface area contributed by atoms with Crippen LogP contribution in [0, 0.1) is 5.92 Å². The van der Waals surface area contributed by atoms with Gasteiger partial charge in [-0.05, 0) is 49.1 Å². The summed E-state index contributed by atoms with van der Waals surface area (Å²) in [6, 6.07) is 9.46. The lowest BCUT2D eigenvalue weighted by molar-refractivity contribution is -0.117. The summed E-state index contributed by atoms with van der Waals surface area (Å²) >= 11 is 0. The number of para-hydroxylation sites is 1. The predicted molar refractivity (Wildman–Crippen MR) is 86.4 cm³/mol. The lowest BCUT2D eigenvalue weighted by Crippen LogP contribution is -2.39. The smallest absolute Gasteiger partial charge is 0.224 e. The molecule has 2 atom stereocenters. The molecule has 2 aliphatic rings. The van der Waals surface area contributed by atoms with E-state index >= 15 is 0 Å². The molecule has 1 aromatic rings. The van der Waals surface area contributed by atoms with Gasteiger partial charge in [-0.3, -0.25) is 4.79 Å². The van der Waals surface area contributed by atoms with E-state index in [0.29, 0.717) is 30.3 Å². The number of benzene rings is 1. The first-order valence-corrected chi connectivity index (χ1v) is 8.26. The lowest BCUT2D eigenvalue weighted by atomic mass is 9.89. The van der Waals surface area contributed by atoms with E-state index in [-0.39, 0.29) is 5.91 Å². The van der Waals surface area contributed by atoms with Crippen molar-refractivity contribution >= 4 is 11.6 Å². The number of hydrogen-bond donors (Lipinski definition) is 2. The minimum atomic E-state index is 0.175. The van der Waals surface area contributed by atoms with E-state index in [1.54, 1.807) is 0 Å². The number of rotatable bonds is 4. The van der Waals surface area contributed by atoms with Gasteiger partial charge < -0.3 is 10.6 Å². The van der Waals surface area contributed by atoms with Crippen LogP contribution in [0.15, 0.2) is 24.3 Å². The largest absolute Gasteiger partial charge is 0.326 e. The van der Waals surface area contributed by atoms with E-state index < -0.39 is 0 Å². The van der Waals surface area contributed by atoms with Crippen molar-refractivity contribution in [1.82, 2.24) is 5.32 Å². The number of nitrogens with one attached hydrogen (secondary N) is 2. The van der Waals surface area contributed by atoms with Crippen LogP contribution in [0.4, 0.5) is 5.69 Å². The van der Waals surface area contributed by atoms with Gasteiger partial charge in [0.1, 0.15) is 0 Å². The summed E-state index contributed by atoms with van der Waals surface area (Å²) in [5.74, 6) is 1.15. The van der Waals surface area contributed by atoms with Gasteiger partial charge in [0.25, 0.3) is 0 Å². The fourth-order valence-electron chi connectivity index (χ4n) is 3.92. The van der Waals surface area contributed by atoms with Gasteiger partial charge in [0.15, 0.2) is 0 Å². The van der Waals surface area contributed by atoms with Crippen molar-refractivity contribution in [3.63, 3.8) is 0 Å². The topological polar surface area (TPSA) is 41.1 Å². The van der Waals surface area contributed by atoms with Gasteiger partial charge in [-0.25, -0.2) is 0 Å². The van der Waals surface area contributed by atoms with Crippen LogP contribution in [0.1, 0.15) is 57.4 Å². The molecule has 0 aromatic heterocycles. The second-order valence-electron chi connectivity index (χ2n) is 6.97. The highest BCUT2D eigenvalue weighted by Crippen LogP contribution is 2.33. The molecule has 0 saturated carbocycles. The van der Waals surface area contributed by atoms with Gasteiger partial charge in [0, 0.05) is 24.2 Å². The molecule has 2 N–H and O–H groups in total. The third-order valence-corrected chi connectivity index (χ3v) is 4.90. The van der Waals surface area contributed by atoms with Gasteiger partial charge in [-0.1, -0.05) is 32.0 Å². The number of carbonyl (C=O) groups excluding carboxylic acids is 1. The Kier molecular flexibility index (Phi) is 4.29. The third kappa shape index (κ3) is 3.46. The Morgan fingerprint density at radius 1 is 1.24 bits per heavy atom. The van der Waals surface area contributed by atoms with Crippen molar-refractivity contribution < 1.29 is 4.79 Å². The van der Waals surface area contributed by atoms with Crippen LogP contribution >= 0.6 is 0 Å². The number of anilines is 1. The molecule has 0 aliphatic carbocycles. The van der Waals surface area contributed by atoms with Gasteiger partial charge in [0.05, 0.1) is 0 Å². The molecule has 21 heavy (non-hydrogen) atoms. The Labute approximate surface area is 127 Å². The first-order chi connectivity index (χ1) is 10.1. The number of carbonyl (C=O) groups is 1. The van der Waals surface area contributed by atoms with Gasteiger partial charge in [-0.2, -0.15) is 0 Å². The van der Waals surface area contributed by atoms with E-state index in [4.69, 9.17) is 0 Å². The van der Waals surface area contributed by atoms with Gasteiger partial charge in [-0.15, -0.1) is 0 Å². The molecular weight excluding hydrogens is 260 g/mol. The Morgan fingerprint density at radius 3 is 2.57 bits per heavy atom. The zero-order valence-electron chi connectivity index (χ0n) is 13.1. The molecule has 2 fully saturated rings. The minimum Gasteiger partial charge on any atom is -0.326 e. The molecule has 1 aromatic carbocycles. The van der Waals surface area contributed by atoms with E-state index in [2.05, 4.69) is 30.5 Å². The molecule has 2 heterocycles. The highest BCUT2D eigenvalue weighted by Gasteiger charge is 2.34. The first-order valence-electron chi connectivity index (χ1n) is 8.26. The Morgan fingerprint density at radius 2 is 1.90 bits per heavy atom. The molecule has 2 aliphatic heterocycles. The van der Waals surface area contributed by atoms with Crippen molar-refractivity contribution in [2.75, 3.05) is 5.32 Å². The quantitative estimate of drug-likeness (QED) is 0.886. The summed E-state index contributed by atoms with van der Waals surface area (Å²) in [4.78, 5) is 12.4. The first kappa shape index (κ1) is 14.6. The second-order valence-corrected chi connectivity index (χ2v) is 6.97. The van der Waals surface area contributed by atoms with Crippen molar-refractivity contribution in [2.45, 2.75) is 64.0 Å². The number of piperidine rings is 1. The van der Waals surface area contributed by atoms with Crippen molar-refractivity contribution in [2.24, 2.45) is 5.92 Å². The maximum Gasteiger partial charge on any atom is 0.224 e. The summed E-state index contributed by atoms with van der Waals surface area (Å²) in [5.41, 5.74) is 2.20. The molecule has 0 radical (unpaired) electrons. The molecular formula is C18H26N2O. The second kappa shape index (κ2) is 6.18. The minimum absolute atomic E-state index is 0.175. The summed E-state index contributed by atoms with van der Waals surface area (Å²) in [5, 5.41) is 6.77. The molecule has 3 rings (SSSR count). The summed E-state index contributed by atoms with van der Waals surface area (Å²) in [6.07, 6.45) is 5.57. The molecule has 2 unspecified atom stereocenters. The van der Waals surface area contributed by atoms with Crippen LogP contribution < -0.4 is 10.6 Å². The van der Waals surface area contributed by atoms with Crippen molar-refractivity contribution in [3.05, 3.63) is 29.8 Å². The molecule has 2 saturated heterocycles. The highest BCUT2D eigenvalue weighted by molar-refractivity contribution is 5.91. The number of amides is 1. The Bertz CT molecular complexity index is 500. The standard InChI is InChI=1S/C18H26N2O/c1-12(2)16-5-3-4-6-17(16)20-18(21)11-13-9-14-7-8-15(10-13)19-14/h3-6,12-15,19H,7-11H2,1-2H3,(H,20,21).